The van der Waals surface area contributed by atoms with Crippen molar-refractivity contribution in [1.29, 1.82) is 0 Å². The van der Waals surface area contributed by atoms with E-state index >= 15 is 0 Å². The largest absolute Gasteiger partial charge is 0.481 e. The average Bonchev–Trinajstić information content (AvgIpc) is 2.61. The molecule has 5 N–H and O–H groups in total. The summed E-state index contributed by atoms with van der Waals surface area (Å²) in [4.78, 5) is 56.8. The summed E-state index contributed by atoms with van der Waals surface area (Å²) in [6.07, 6.45) is 2.15. The number of carboxylic acids is 1. The second-order valence-corrected chi connectivity index (χ2v) is 6.82. The van der Waals surface area contributed by atoms with Gasteiger partial charge in [0.1, 0.15) is 12.3 Å². The number of unbranched alkanes of at least 4 members (excludes halogenated alkanes) is 1. The quantitative estimate of drug-likeness (QED) is 0.180. The van der Waals surface area contributed by atoms with Crippen LogP contribution in [0.2, 0.25) is 0 Å². The summed E-state index contributed by atoms with van der Waals surface area (Å²) < 4.78 is 0. The van der Waals surface area contributed by atoms with Crippen LogP contribution >= 0.6 is 0 Å². The summed E-state index contributed by atoms with van der Waals surface area (Å²) in [6, 6.07) is -1.31. The molecule has 0 spiro atoms. The molecule has 160 valence electrons. The van der Waals surface area contributed by atoms with Gasteiger partial charge in [0.05, 0.1) is 12.6 Å². The third-order valence-electron chi connectivity index (χ3n) is 3.77. The standard InChI is InChI=1S/C18H32N4O6/c1-12(2)19-9-5-4-6-15(21-13(3)24)18(28)20-10-16(25)22-14(11-23)7-8-17(26)27/h11-12,14-15,19H,4-10H2,1-3H3,(H,20,28)(H,21,24)(H,22,25)(H,26,27)/t14-,15-/m0/s1. The maximum absolute atomic E-state index is 12.3. The number of amides is 3. The number of hydrogen-bond acceptors (Lipinski definition) is 6. The Kier molecular flexibility index (Phi) is 13.3. The molecule has 0 aromatic carbocycles. The predicted molar refractivity (Wildman–Crippen MR) is 102 cm³/mol. The maximum Gasteiger partial charge on any atom is 0.303 e. The molecular formula is C18H32N4O6. The average molecular weight is 400 g/mol. The van der Waals surface area contributed by atoms with Crippen LogP contribution < -0.4 is 21.3 Å². The summed E-state index contributed by atoms with van der Waals surface area (Å²) in [5.74, 6) is -2.52. The fourth-order valence-electron chi connectivity index (χ4n) is 2.38. The van der Waals surface area contributed by atoms with Crippen LogP contribution in [0.5, 0.6) is 0 Å². The lowest BCUT2D eigenvalue weighted by Gasteiger charge is -2.18. The topological polar surface area (TPSA) is 154 Å². The lowest BCUT2D eigenvalue weighted by molar-refractivity contribution is -0.137. The van der Waals surface area contributed by atoms with Crippen molar-refractivity contribution in [2.75, 3.05) is 13.1 Å². The highest BCUT2D eigenvalue weighted by Gasteiger charge is 2.20. The van der Waals surface area contributed by atoms with Crippen molar-refractivity contribution in [2.45, 2.75) is 71.0 Å². The normalized spacial score (nSPS) is 12.7. The van der Waals surface area contributed by atoms with Gasteiger partial charge < -0.3 is 31.2 Å². The van der Waals surface area contributed by atoms with Gasteiger partial charge in [-0.05, 0) is 32.2 Å². The molecule has 0 fully saturated rings. The smallest absolute Gasteiger partial charge is 0.303 e. The summed E-state index contributed by atoms with van der Waals surface area (Å²) in [5.41, 5.74) is 0. The van der Waals surface area contributed by atoms with E-state index in [9.17, 15) is 24.0 Å². The van der Waals surface area contributed by atoms with Gasteiger partial charge >= 0.3 is 5.97 Å². The summed E-state index contributed by atoms with van der Waals surface area (Å²) >= 11 is 0. The van der Waals surface area contributed by atoms with E-state index in [0.717, 1.165) is 13.0 Å². The zero-order valence-electron chi connectivity index (χ0n) is 16.7. The first kappa shape index (κ1) is 25.5. The summed E-state index contributed by atoms with van der Waals surface area (Å²) in [5, 5.41) is 19.2. The molecule has 0 unspecified atom stereocenters. The Morgan fingerprint density at radius 1 is 1.04 bits per heavy atom. The van der Waals surface area contributed by atoms with Crippen LogP contribution in [0.15, 0.2) is 0 Å². The molecule has 0 aliphatic heterocycles. The Morgan fingerprint density at radius 3 is 2.25 bits per heavy atom. The van der Waals surface area contributed by atoms with E-state index in [4.69, 9.17) is 5.11 Å². The molecule has 0 saturated heterocycles. The van der Waals surface area contributed by atoms with Crippen molar-refractivity contribution in [3.8, 4) is 0 Å². The highest BCUT2D eigenvalue weighted by molar-refractivity contribution is 5.90. The molecular weight excluding hydrogens is 368 g/mol. The third kappa shape index (κ3) is 13.7. The van der Waals surface area contributed by atoms with Crippen LogP contribution in [0, 0.1) is 0 Å². The van der Waals surface area contributed by atoms with Gasteiger partial charge in [-0.3, -0.25) is 19.2 Å². The number of hydrogen-bond donors (Lipinski definition) is 5. The molecule has 0 saturated carbocycles. The lowest BCUT2D eigenvalue weighted by Crippen LogP contribution is -2.49. The van der Waals surface area contributed by atoms with Gasteiger partial charge in [0, 0.05) is 19.4 Å². The van der Waals surface area contributed by atoms with Crippen molar-refractivity contribution in [3.63, 3.8) is 0 Å². The second-order valence-electron chi connectivity index (χ2n) is 6.82. The Labute approximate surface area is 165 Å². The van der Waals surface area contributed by atoms with Crippen LogP contribution in [-0.4, -0.2) is 66.3 Å². The number of carbonyl (C=O) groups is 5. The molecule has 10 heteroatoms. The van der Waals surface area contributed by atoms with E-state index in [1.807, 2.05) is 13.8 Å². The Morgan fingerprint density at radius 2 is 1.71 bits per heavy atom. The molecule has 10 nitrogen and oxygen atoms in total. The Balaban J connectivity index is 4.40. The minimum Gasteiger partial charge on any atom is -0.481 e. The highest BCUT2D eigenvalue weighted by atomic mass is 16.4. The Bertz CT molecular complexity index is 538. The van der Waals surface area contributed by atoms with Crippen molar-refractivity contribution >= 4 is 30.0 Å². The first-order valence-corrected chi connectivity index (χ1v) is 9.40. The molecule has 0 rings (SSSR count). The fraction of sp³-hybridized carbons (Fsp3) is 0.722. The molecule has 0 aliphatic rings. The maximum atomic E-state index is 12.3. The molecule has 3 amide bonds. The molecule has 0 bridgehead atoms. The lowest BCUT2D eigenvalue weighted by atomic mass is 10.1. The van der Waals surface area contributed by atoms with Crippen LogP contribution in [-0.2, 0) is 24.0 Å². The molecule has 0 aromatic heterocycles. The van der Waals surface area contributed by atoms with Crippen LogP contribution in [0.4, 0.5) is 0 Å². The zero-order chi connectivity index (χ0) is 21.5. The van der Waals surface area contributed by atoms with Crippen molar-refractivity contribution in [1.82, 2.24) is 21.3 Å². The minimum atomic E-state index is -1.07. The number of carbonyl (C=O) groups excluding carboxylic acids is 4. The predicted octanol–water partition coefficient (Wildman–Crippen LogP) is -0.676. The van der Waals surface area contributed by atoms with Gasteiger partial charge in [0.15, 0.2) is 0 Å². The van der Waals surface area contributed by atoms with E-state index in [1.54, 1.807) is 0 Å². The van der Waals surface area contributed by atoms with E-state index in [-0.39, 0.29) is 25.3 Å². The molecule has 28 heavy (non-hydrogen) atoms. The highest BCUT2D eigenvalue weighted by Crippen LogP contribution is 2.02. The van der Waals surface area contributed by atoms with Gasteiger partial charge in [-0.1, -0.05) is 13.8 Å². The van der Waals surface area contributed by atoms with Crippen LogP contribution in [0.3, 0.4) is 0 Å². The van der Waals surface area contributed by atoms with Gasteiger partial charge in [0.2, 0.25) is 17.7 Å². The summed E-state index contributed by atoms with van der Waals surface area (Å²) in [6.45, 7) is 5.81. The molecule has 0 radical (unpaired) electrons. The third-order valence-corrected chi connectivity index (χ3v) is 3.77. The number of carboxylic acid groups (broad SMARTS) is 1. The van der Waals surface area contributed by atoms with Crippen molar-refractivity contribution < 1.29 is 29.1 Å². The van der Waals surface area contributed by atoms with Gasteiger partial charge in [-0.15, -0.1) is 0 Å². The van der Waals surface area contributed by atoms with E-state index in [0.29, 0.717) is 25.2 Å². The van der Waals surface area contributed by atoms with Crippen LogP contribution in [0.1, 0.15) is 52.9 Å². The van der Waals surface area contributed by atoms with E-state index in [1.165, 1.54) is 6.92 Å². The monoisotopic (exact) mass is 400 g/mol. The molecule has 0 aromatic rings. The van der Waals surface area contributed by atoms with Gasteiger partial charge in [-0.2, -0.15) is 0 Å². The number of rotatable bonds is 15. The van der Waals surface area contributed by atoms with E-state index in [2.05, 4.69) is 21.3 Å². The zero-order valence-corrected chi connectivity index (χ0v) is 16.7. The SMILES string of the molecule is CC(=O)N[C@@H](CCCCNC(C)C)C(=O)NCC(=O)N[C@H](C=O)CCC(=O)O. The molecule has 2 atom stereocenters. The molecule has 0 heterocycles. The van der Waals surface area contributed by atoms with Gasteiger partial charge in [0.25, 0.3) is 0 Å². The first-order valence-electron chi connectivity index (χ1n) is 9.40. The number of aliphatic carboxylic acids is 1. The first-order chi connectivity index (χ1) is 13.1. The van der Waals surface area contributed by atoms with Crippen LogP contribution in [0.25, 0.3) is 0 Å². The summed E-state index contributed by atoms with van der Waals surface area (Å²) in [7, 11) is 0. The van der Waals surface area contributed by atoms with Crippen molar-refractivity contribution in [2.24, 2.45) is 0 Å². The number of nitrogens with one attached hydrogen (secondary N) is 4. The van der Waals surface area contributed by atoms with Crippen molar-refractivity contribution in [3.05, 3.63) is 0 Å². The second kappa shape index (κ2) is 14.6. The van der Waals surface area contributed by atoms with Gasteiger partial charge in [-0.25, -0.2) is 0 Å². The van der Waals surface area contributed by atoms with E-state index < -0.39 is 29.9 Å². The minimum absolute atomic E-state index is 0.0303. The molecule has 0 aliphatic carbocycles. The fourth-order valence-corrected chi connectivity index (χ4v) is 2.38. The Hall–Kier alpha value is -2.49. The number of aldehydes is 1.